The predicted molar refractivity (Wildman–Crippen MR) is 81.1 cm³/mol. The number of carbonyl (C=O) groups excluding carboxylic acids is 2. The third-order valence-electron chi connectivity index (χ3n) is 3.30. The summed E-state index contributed by atoms with van der Waals surface area (Å²) in [5.74, 6) is 0.540. The summed E-state index contributed by atoms with van der Waals surface area (Å²) in [5.41, 5.74) is 1.08. The number of amides is 2. The van der Waals surface area contributed by atoms with Gasteiger partial charge >= 0.3 is 0 Å². The maximum Gasteiger partial charge on any atom is 0.233 e. The van der Waals surface area contributed by atoms with Crippen LogP contribution in [0.25, 0.3) is 0 Å². The molecule has 0 aliphatic carbocycles. The van der Waals surface area contributed by atoms with Gasteiger partial charge in [-0.05, 0) is 30.7 Å². The highest BCUT2D eigenvalue weighted by Gasteiger charge is 2.20. The van der Waals surface area contributed by atoms with Gasteiger partial charge in [-0.3, -0.25) is 9.59 Å². The number of halogens is 1. The Morgan fingerprint density at radius 1 is 1.35 bits per heavy atom. The maximum absolute atomic E-state index is 12.1. The first-order valence-corrected chi connectivity index (χ1v) is 7.82. The Bertz CT molecular complexity index is 502. The SMILES string of the molecule is Cc1cc(Cl)ccc1SCC(=O)N1CCN(C=O)CC1. The van der Waals surface area contributed by atoms with Crippen molar-refractivity contribution in [1.82, 2.24) is 9.80 Å². The zero-order valence-corrected chi connectivity index (χ0v) is 12.9. The molecule has 0 saturated carbocycles. The summed E-state index contributed by atoms with van der Waals surface area (Å²) < 4.78 is 0. The molecule has 1 aromatic rings. The Morgan fingerprint density at radius 3 is 2.65 bits per heavy atom. The van der Waals surface area contributed by atoms with Crippen LogP contribution in [0.3, 0.4) is 0 Å². The molecule has 1 saturated heterocycles. The van der Waals surface area contributed by atoms with Crippen molar-refractivity contribution in [3.63, 3.8) is 0 Å². The van der Waals surface area contributed by atoms with Gasteiger partial charge in [-0.25, -0.2) is 0 Å². The van der Waals surface area contributed by atoms with Crippen molar-refractivity contribution in [2.45, 2.75) is 11.8 Å². The summed E-state index contributed by atoms with van der Waals surface area (Å²) in [7, 11) is 0. The number of aryl methyl sites for hydroxylation is 1. The molecule has 0 radical (unpaired) electrons. The van der Waals surface area contributed by atoms with Crippen molar-refractivity contribution >= 4 is 35.7 Å². The Balaban J connectivity index is 1.85. The van der Waals surface area contributed by atoms with Gasteiger partial charge < -0.3 is 9.80 Å². The first kappa shape index (κ1) is 15.2. The van der Waals surface area contributed by atoms with Crippen LogP contribution < -0.4 is 0 Å². The first-order valence-electron chi connectivity index (χ1n) is 6.46. The van der Waals surface area contributed by atoms with Gasteiger partial charge in [0.05, 0.1) is 5.75 Å². The zero-order chi connectivity index (χ0) is 14.5. The number of hydrogen-bond donors (Lipinski definition) is 0. The molecule has 1 aliphatic rings. The van der Waals surface area contributed by atoms with Crippen molar-refractivity contribution in [3.05, 3.63) is 28.8 Å². The lowest BCUT2D eigenvalue weighted by Crippen LogP contribution is -2.48. The fraction of sp³-hybridized carbons (Fsp3) is 0.429. The molecule has 1 heterocycles. The minimum absolute atomic E-state index is 0.120. The zero-order valence-electron chi connectivity index (χ0n) is 11.3. The smallest absolute Gasteiger partial charge is 0.233 e. The second-order valence-electron chi connectivity index (χ2n) is 4.72. The highest BCUT2D eigenvalue weighted by Crippen LogP contribution is 2.25. The van der Waals surface area contributed by atoms with Crippen LogP contribution >= 0.6 is 23.4 Å². The number of rotatable bonds is 4. The molecule has 6 heteroatoms. The molecule has 0 bridgehead atoms. The van der Waals surface area contributed by atoms with E-state index in [2.05, 4.69) is 0 Å². The average molecular weight is 313 g/mol. The summed E-state index contributed by atoms with van der Waals surface area (Å²) in [6.45, 7) is 4.48. The lowest BCUT2D eigenvalue weighted by Gasteiger charge is -2.32. The van der Waals surface area contributed by atoms with E-state index in [1.54, 1.807) is 4.90 Å². The van der Waals surface area contributed by atoms with Crippen molar-refractivity contribution in [2.75, 3.05) is 31.9 Å². The minimum Gasteiger partial charge on any atom is -0.342 e. The third-order valence-corrected chi connectivity index (χ3v) is 4.70. The van der Waals surface area contributed by atoms with Crippen LogP contribution in [-0.4, -0.2) is 54.0 Å². The fourth-order valence-electron chi connectivity index (χ4n) is 2.08. The highest BCUT2D eigenvalue weighted by atomic mass is 35.5. The molecule has 0 spiro atoms. The minimum atomic E-state index is 0.120. The fourth-order valence-corrected chi connectivity index (χ4v) is 3.22. The Morgan fingerprint density at radius 2 is 2.05 bits per heavy atom. The Labute approximate surface area is 128 Å². The number of benzene rings is 1. The molecular formula is C14H17ClN2O2S. The number of carbonyl (C=O) groups is 2. The van der Waals surface area contributed by atoms with E-state index in [1.807, 2.05) is 30.0 Å². The van der Waals surface area contributed by atoms with Gasteiger partial charge in [0, 0.05) is 36.1 Å². The number of piperazine rings is 1. The lowest BCUT2D eigenvalue weighted by molar-refractivity contribution is -0.132. The molecule has 20 heavy (non-hydrogen) atoms. The standard InChI is InChI=1S/C14H17ClN2O2S/c1-11-8-12(15)2-3-13(11)20-9-14(19)17-6-4-16(10-18)5-7-17/h2-3,8,10H,4-7,9H2,1H3. The highest BCUT2D eigenvalue weighted by molar-refractivity contribution is 8.00. The Hall–Kier alpha value is -1.20. The third kappa shape index (κ3) is 3.90. The molecule has 1 aliphatic heterocycles. The first-order chi connectivity index (χ1) is 9.60. The lowest BCUT2D eigenvalue weighted by atomic mass is 10.2. The second kappa shape index (κ2) is 6.99. The quantitative estimate of drug-likeness (QED) is 0.631. The molecule has 2 rings (SSSR count). The van der Waals surface area contributed by atoms with Crippen LogP contribution in [0.2, 0.25) is 5.02 Å². The molecular weight excluding hydrogens is 296 g/mol. The molecule has 108 valence electrons. The molecule has 4 nitrogen and oxygen atoms in total. The second-order valence-corrected chi connectivity index (χ2v) is 6.17. The monoisotopic (exact) mass is 312 g/mol. The van der Waals surface area contributed by atoms with E-state index in [9.17, 15) is 9.59 Å². The molecule has 2 amide bonds. The van der Waals surface area contributed by atoms with Gasteiger partial charge in [-0.15, -0.1) is 11.8 Å². The summed E-state index contributed by atoms with van der Waals surface area (Å²) in [5, 5.41) is 0.711. The molecule has 1 aromatic carbocycles. The van der Waals surface area contributed by atoms with E-state index in [1.165, 1.54) is 11.8 Å². The molecule has 0 atom stereocenters. The molecule has 0 aromatic heterocycles. The maximum atomic E-state index is 12.1. The van der Waals surface area contributed by atoms with Crippen LogP contribution in [-0.2, 0) is 9.59 Å². The predicted octanol–water partition coefficient (Wildman–Crippen LogP) is 2.04. The number of nitrogens with zero attached hydrogens (tertiary/aromatic N) is 2. The summed E-state index contributed by atoms with van der Waals surface area (Å²) in [6.07, 6.45) is 0.841. The van der Waals surface area contributed by atoms with E-state index in [0.717, 1.165) is 16.9 Å². The summed E-state index contributed by atoms with van der Waals surface area (Å²) >= 11 is 7.44. The van der Waals surface area contributed by atoms with Crippen molar-refractivity contribution < 1.29 is 9.59 Å². The van der Waals surface area contributed by atoms with E-state index in [4.69, 9.17) is 11.6 Å². The topological polar surface area (TPSA) is 40.6 Å². The number of thioether (sulfide) groups is 1. The van der Waals surface area contributed by atoms with Crippen molar-refractivity contribution in [3.8, 4) is 0 Å². The molecule has 1 fully saturated rings. The molecule has 0 unspecified atom stereocenters. The summed E-state index contributed by atoms with van der Waals surface area (Å²) in [6, 6.07) is 5.68. The van der Waals surface area contributed by atoms with Crippen LogP contribution in [0.1, 0.15) is 5.56 Å². The summed E-state index contributed by atoms with van der Waals surface area (Å²) in [4.78, 5) is 27.3. The Kier molecular flexibility index (Phi) is 5.31. The normalized spacial score (nSPS) is 15.3. The average Bonchev–Trinajstić information content (AvgIpc) is 2.46. The van der Waals surface area contributed by atoms with Gasteiger partial charge in [0.1, 0.15) is 0 Å². The molecule has 0 N–H and O–H groups in total. The van der Waals surface area contributed by atoms with Gasteiger partial charge in [0.15, 0.2) is 0 Å². The van der Waals surface area contributed by atoms with Gasteiger partial charge in [0.25, 0.3) is 0 Å². The van der Waals surface area contributed by atoms with E-state index < -0.39 is 0 Å². The van der Waals surface area contributed by atoms with E-state index in [-0.39, 0.29) is 5.91 Å². The van der Waals surface area contributed by atoms with E-state index in [0.29, 0.717) is 37.0 Å². The van der Waals surface area contributed by atoms with E-state index >= 15 is 0 Å². The van der Waals surface area contributed by atoms with Gasteiger partial charge in [-0.2, -0.15) is 0 Å². The van der Waals surface area contributed by atoms with Crippen molar-refractivity contribution in [1.29, 1.82) is 0 Å². The number of hydrogen-bond acceptors (Lipinski definition) is 3. The van der Waals surface area contributed by atoms with Gasteiger partial charge in [-0.1, -0.05) is 11.6 Å². The van der Waals surface area contributed by atoms with Gasteiger partial charge in [0.2, 0.25) is 12.3 Å². The van der Waals surface area contributed by atoms with Crippen LogP contribution in [0.5, 0.6) is 0 Å². The van der Waals surface area contributed by atoms with Crippen LogP contribution in [0.15, 0.2) is 23.1 Å². The van der Waals surface area contributed by atoms with Crippen LogP contribution in [0, 0.1) is 6.92 Å². The van der Waals surface area contributed by atoms with Crippen molar-refractivity contribution in [2.24, 2.45) is 0 Å². The van der Waals surface area contributed by atoms with Crippen LogP contribution in [0.4, 0.5) is 0 Å². The largest absolute Gasteiger partial charge is 0.342 e.